The summed E-state index contributed by atoms with van der Waals surface area (Å²) in [6.07, 6.45) is 0. The summed E-state index contributed by atoms with van der Waals surface area (Å²) in [5.41, 5.74) is 0.749. The molecule has 0 N–H and O–H groups in total. The quantitative estimate of drug-likeness (QED) is 0.810. The molecule has 0 radical (unpaired) electrons. The molecule has 0 saturated carbocycles. The fourth-order valence-corrected chi connectivity index (χ4v) is 2.61. The van der Waals surface area contributed by atoms with Gasteiger partial charge in [-0.3, -0.25) is 4.79 Å². The van der Waals surface area contributed by atoms with Crippen molar-refractivity contribution in [2.24, 2.45) is 0 Å². The molecule has 4 nitrogen and oxygen atoms in total. The molecule has 0 spiro atoms. The van der Waals surface area contributed by atoms with E-state index in [0.29, 0.717) is 22.0 Å². The van der Waals surface area contributed by atoms with Crippen molar-refractivity contribution in [1.29, 1.82) is 5.26 Å². The average molecular weight is 307 g/mol. The maximum absolute atomic E-state index is 12.4. The highest BCUT2D eigenvalue weighted by Crippen LogP contribution is 2.31. The Hall–Kier alpha value is -1.90. The van der Waals surface area contributed by atoms with Crippen molar-refractivity contribution in [2.75, 3.05) is 7.11 Å². The standard InChI is InChI=1S/C14H11ClN2O2S/c1-8-17-12(7-20-8)14(18)11(6-16)10-5-9(15)3-4-13(10)19-2/h3-5,7,11H,1-2H3. The number of halogens is 1. The number of benzene rings is 1. The van der Waals surface area contributed by atoms with Crippen LogP contribution in [-0.2, 0) is 0 Å². The molecule has 0 saturated heterocycles. The third-order valence-corrected chi connectivity index (χ3v) is 3.77. The fourth-order valence-electron chi connectivity index (χ4n) is 1.82. The molecule has 0 aliphatic rings. The van der Waals surface area contributed by atoms with Crippen LogP contribution in [0, 0.1) is 18.3 Å². The number of aryl methyl sites for hydroxylation is 1. The smallest absolute Gasteiger partial charge is 0.203 e. The summed E-state index contributed by atoms with van der Waals surface area (Å²) in [7, 11) is 1.48. The van der Waals surface area contributed by atoms with Crippen LogP contribution < -0.4 is 4.74 Å². The molecule has 20 heavy (non-hydrogen) atoms. The summed E-state index contributed by atoms with van der Waals surface area (Å²) in [6, 6.07) is 6.87. The lowest BCUT2D eigenvalue weighted by molar-refractivity contribution is 0.0973. The minimum atomic E-state index is -0.981. The number of carbonyl (C=O) groups is 1. The summed E-state index contributed by atoms with van der Waals surface area (Å²) < 4.78 is 5.19. The number of rotatable bonds is 4. The van der Waals surface area contributed by atoms with Gasteiger partial charge in [0, 0.05) is 16.0 Å². The number of hydrogen-bond acceptors (Lipinski definition) is 5. The maximum Gasteiger partial charge on any atom is 0.203 e. The van der Waals surface area contributed by atoms with Gasteiger partial charge >= 0.3 is 0 Å². The molecule has 102 valence electrons. The zero-order chi connectivity index (χ0) is 14.7. The van der Waals surface area contributed by atoms with Crippen LogP contribution in [0.3, 0.4) is 0 Å². The summed E-state index contributed by atoms with van der Waals surface area (Å²) in [5.74, 6) is -0.871. The predicted molar refractivity (Wildman–Crippen MR) is 77.5 cm³/mol. The molecule has 1 aromatic heterocycles. The first-order chi connectivity index (χ1) is 9.56. The van der Waals surface area contributed by atoms with Gasteiger partial charge in [0.1, 0.15) is 17.4 Å². The van der Waals surface area contributed by atoms with E-state index in [0.717, 1.165) is 5.01 Å². The number of methoxy groups -OCH3 is 1. The largest absolute Gasteiger partial charge is 0.496 e. The van der Waals surface area contributed by atoms with E-state index in [-0.39, 0.29) is 5.78 Å². The molecule has 1 aromatic carbocycles. The van der Waals surface area contributed by atoms with Crippen LogP contribution >= 0.6 is 22.9 Å². The van der Waals surface area contributed by atoms with Crippen molar-refractivity contribution in [3.63, 3.8) is 0 Å². The number of nitrogens with zero attached hydrogens (tertiary/aromatic N) is 2. The van der Waals surface area contributed by atoms with Crippen LogP contribution in [-0.4, -0.2) is 17.9 Å². The van der Waals surface area contributed by atoms with Crippen LogP contribution in [0.15, 0.2) is 23.6 Å². The third-order valence-electron chi connectivity index (χ3n) is 2.77. The molecule has 0 aliphatic heterocycles. The Balaban J connectivity index is 2.45. The fraction of sp³-hybridized carbons (Fsp3) is 0.214. The topological polar surface area (TPSA) is 63.0 Å². The summed E-state index contributed by atoms with van der Waals surface area (Å²) >= 11 is 7.31. The van der Waals surface area contributed by atoms with Crippen molar-refractivity contribution >= 4 is 28.7 Å². The first kappa shape index (κ1) is 14.5. The number of ether oxygens (including phenoxy) is 1. The minimum Gasteiger partial charge on any atom is -0.496 e. The first-order valence-electron chi connectivity index (χ1n) is 5.76. The third kappa shape index (κ3) is 2.82. The summed E-state index contributed by atoms with van der Waals surface area (Å²) in [4.78, 5) is 16.5. The van der Waals surface area contributed by atoms with Gasteiger partial charge < -0.3 is 4.74 Å². The normalized spacial score (nSPS) is 11.7. The van der Waals surface area contributed by atoms with Gasteiger partial charge in [0.2, 0.25) is 5.78 Å². The van der Waals surface area contributed by atoms with Crippen LogP contribution in [0.25, 0.3) is 0 Å². The molecule has 0 amide bonds. The summed E-state index contributed by atoms with van der Waals surface area (Å²) in [6.45, 7) is 1.81. The van der Waals surface area contributed by atoms with E-state index in [2.05, 4.69) is 4.98 Å². The zero-order valence-corrected chi connectivity index (χ0v) is 12.5. The van der Waals surface area contributed by atoms with E-state index in [1.54, 1.807) is 23.6 Å². The summed E-state index contributed by atoms with van der Waals surface area (Å²) in [5, 5.41) is 12.2. The lowest BCUT2D eigenvalue weighted by Crippen LogP contribution is -2.13. The highest BCUT2D eigenvalue weighted by atomic mass is 35.5. The molecule has 0 aliphatic carbocycles. The molecule has 1 unspecified atom stereocenters. The van der Waals surface area contributed by atoms with E-state index in [1.807, 2.05) is 13.0 Å². The average Bonchev–Trinajstić information content (AvgIpc) is 2.86. The number of nitriles is 1. The number of hydrogen-bond donors (Lipinski definition) is 0. The van der Waals surface area contributed by atoms with Gasteiger partial charge in [0.15, 0.2) is 0 Å². The number of aromatic nitrogens is 1. The highest BCUT2D eigenvalue weighted by molar-refractivity contribution is 7.09. The van der Waals surface area contributed by atoms with Gasteiger partial charge in [0.25, 0.3) is 0 Å². The second-order valence-electron chi connectivity index (χ2n) is 4.06. The first-order valence-corrected chi connectivity index (χ1v) is 7.02. The number of carbonyl (C=O) groups excluding carboxylic acids is 1. The van der Waals surface area contributed by atoms with Crippen molar-refractivity contribution in [3.05, 3.63) is 44.9 Å². The van der Waals surface area contributed by atoms with E-state index < -0.39 is 5.92 Å². The van der Waals surface area contributed by atoms with Crippen molar-refractivity contribution < 1.29 is 9.53 Å². The Bertz CT molecular complexity index is 691. The predicted octanol–water partition coefficient (Wildman–Crippen LogP) is 3.60. The van der Waals surface area contributed by atoms with Crippen molar-refractivity contribution in [3.8, 4) is 11.8 Å². The molecule has 0 bridgehead atoms. The van der Waals surface area contributed by atoms with E-state index in [1.165, 1.54) is 18.4 Å². The zero-order valence-electron chi connectivity index (χ0n) is 10.9. The van der Waals surface area contributed by atoms with Gasteiger partial charge in [-0.1, -0.05) is 11.6 Å². The molecule has 2 rings (SSSR count). The lowest BCUT2D eigenvalue weighted by atomic mass is 9.94. The monoisotopic (exact) mass is 306 g/mol. The lowest BCUT2D eigenvalue weighted by Gasteiger charge is -2.12. The molecular formula is C14H11ClN2O2S. The number of ketones is 1. The Morgan fingerprint density at radius 2 is 2.30 bits per heavy atom. The van der Waals surface area contributed by atoms with Gasteiger partial charge in [-0.05, 0) is 25.1 Å². The van der Waals surface area contributed by atoms with Crippen LogP contribution in [0.1, 0.15) is 27.0 Å². The van der Waals surface area contributed by atoms with Gasteiger partial charge in [-0.25, -0.2) is 4.98 Å². The van der Waals surface area contributed by atoms with E-state index >= 15 is 0 Å². The second kappa shape index (κ2) is 6.04. The Kier molecular flexibility index (Phi) is 4.38. The van der Waals surface area contributed by atoms with Crippen LogP contribution in [0.5, 0.6) is 5.75 Å². The number of Topliss-reactive ketones (excluding diaryl/α,β-unsaturated/α-hetero) is 1. The molecule has 1 heterocycles. The second-order valence-corrected chi connectivity index (χ2v) is 5.56. The maximum atomic E-state index is 12.4. The van der Waals surface area contributed by atoms with Crippen molar-refractivity contribution in [2.45, 2.75) is 12.8 Å². The molecule has 2 aromatic rings. The highest BCUT2D eigenvalue weighted by Gasteiger charge is 2.26. The van der Waals surface area contributed by atoms with Crippen LogP contribution in [0.4, 0.5) is 0 Å². The molecule has 6 heteroatoms. The van der Waals surface area contributed by atoms with Crippen molar-refractivity contribution in [1.82, 2.24) is 4.98 Å². The van der Waals surface area contributed by atoms with Crippen LogP contribution in [0.2, 0.25) is 5.02 Å². The van der Waals surface area contributed by atoms with E-state index in [9.17, 15) is 10.1 Å². The Morgan fingerprint density at radius 1 is 1.55 bits per heavy atom. The van der Waals surface area contributed by atoms with E-state index in [4.69, 9.17) is 16.3 Å². The Morgan fingerprint density at radius 3 is 2.85 bits per heavy atom. The van der Waals surface area contributed by atoms with Gasteiger partial charge in [0.05, 0.1) is 18.2 Å². The Labute approximate surface area is 125 Å². The molecule has 0 fully saturated rings. The molecular weight excluding hydrogens is 296 g/mol. The minimum absolute atomic E-state index is 0.293. The van der Waals surface area contributed by atoms with Gasteiger partial charge in [-0.15, -0.1) is 11.3 Å². The SMILES string of the molecule is COc1ccc(Cl)cc1C(C#N)C(=O)c1csc(C)n1. The number of thiazole rings is 1. The molecule has 1 atom stereocenters. The van der Waals surface area contributed by atoms with Gasteiger partial charge in [-0.2, -0.15) is 5.26 Å².